The van der Waals surface area contributed by atoms with E-state index in [1.807, 2.05) is 0 Å². The summed E-state index contributed by atoms with van der Waals surface area (Å²) in [7, 11) is -7.84. The molecule has 61 heavy (non-hydrogen) atoms. The first-order valence-corrected chi connectivity index (χ1v) is 23.0. The van der Waals surface area contributed by atoms with Crippen molar-refractivity contribution in [3.05, 3.63) is 145 Å². The number of thiophene rings is 1. The van der Waals surface area contributed by atoms with E-state index in [1.165, 1.54) is 83.8 Å². The zero-order chi connectivity index (χ0) is 43.8. The van der Waals surface area contributed by atoms with Crippen LogP contribution < -0.4 is 0 Å². The maximum atomic E-state index is 14.0. The van der Waals surface area contributed by atoms with Crippen LogP contribution in [-0.2, 0) is 55.2 Å². The molecule has 8 aromatic rings. The number of pyridine rings is 2. The van der Waals surface area contributed by atoms with Gasteiger partial charge in [-0.2, -0.15) is 0 Å². The number of hydrogen-bond donors (Lipinski definition) is 2. The van der Waals surface area contributed by atoms with Crippen LogP contribution >= 0.6 is 34.3 Å². The molecule has 0 aliphatic carbocycles. The van der Waals surface area contributed by atoms with E-state index in [9.17, 15) is 45.4 Å². The molecule has 0 saturated carbocycles. The van der Waals surface area contributed by atoms with E-state index in [4.69, 9.17) is 11.6 Å². The summed E-state index contributed by atoms with van der Waals surface area (Å²) in [6.07, 6.45) is 3.11. The highest BCUT2D eigenvalue weighted by Gasteiger charge is 2.29. The van der Waals surface area contributed by atoms with Gasteiger partial charge in [0.05, 0.1) is 14.7 Å². The van der Waals surface area contributed by atoms with E-state index in [-0.39, 0.29) is 45.9 Å². The van der Waals surface area contributed by atoms with Crippen molar-refractivity contribution in [3.8, 4) is 0 Å². The van der Waals surface area contributed by atoms with Crippen molar-refractivity contribution < 1.29 is 45.4 Å². The lowest BCUT2D eigenvalue weighted by Gasteiger charge is -2.07. The van der Waals surface area contributed by atoms with Gasteiger partial charge in [0.1, 0.15) is 24.7 Å². The lowest BCUT2D eigenvalue weighted by molar-refractivity contribution is -0.138. The van der Waals surface area contributed by atoms with Gasteiger partial charge < -0.3 is 19.3 Å². The van der Waals surface area contributed by atoms with Crippen LogP contribution in [0.1, 0.15) is 32.3 Å². The van der Waals surface area contributed by atoms with Crippen LogP contribution in [0.5, 0.6) is 0 Å². The lowest BCUT2D eigenvalue weighted by atomic mass is 10.1. The molecule has 6 heterocycles. The predicted molar refractivity (Wildman–Crippen MR) is 225 cm³/mol. The van der Waals surface area contributed by atoms with Crippen LogP contribution in [0.15, 0.2) is 117 Å². The van der Waals surface area contributed by atoms with Crippen LogP contribution in [0, 0.1) is 25.5 Å². The van der Waals surface area contributed by atoms with E-state index in [0.29, 0.717) is 58.4 Å². The predicted octanol–water partition coefficient (Wildman–Crippen LogP) is 8.16. The van der Waals surface area contributed by atoms with Gasteiger partial charge in [0.2, 0.25) is 19.7 Å². The number of aliphatic carboxylic acids is 2. The van der Waals surface area contributed by atoms with E-state index in [0.717, 1.165) is 11.3 Å². The summed E-state index contributed by atoms with van der Waals surface area (Å²) in [6, 6.07) is 18.9. The van der Waals surface area contributed by atoms with Gasteiger partial charge >= 0.3 is 11.9 Å². The van der Waals surface area contributed by atoms with Gasteiger partial charge in [-0.25, -0.2) is 40.6 Å². The summed E-state index contributed by atoms with van der Waals surface area (Å²) in [4.78, 5) is 35.6. The van der Waals surface area contributed by atoms with Crippen molar-refractivity contribution in [2.45, 2.75) is 59.8 Å². The number of halogens is 3. The minimum Gasteiger partial charge on any atom is -0.480 e. The summed E-state index contributed by atoms with van der Waals surface area (Å²) in [5.41, 5.74) is 5.14. The van der Waals surface area contributed by atoms with E-state index >= 15 is 0 Å². The number of fused-ring (bicyclic) bond motifs is 2. The first kappa shape index (κ1) is 43.2. The number of carboxylic acid groups (broad SMARTS) is 2. The largest absolute Gasteiger partial charge is 0.480 e. The Morgan fingerprint density at radius 1 is 0.689 bits per heavy atom. The number of aromatic nitrogens is 5. The number of hydrogen-bond acceptors (Lipinski definition) is 11. The van der Waals surface area contributed by atoms with E-state index < -0.39 is 43.2 Å². The molecule has 0 radical (unpaired) electrons. The fourth-order valence-corrected chi connectivity index (χ4v) is 12.6. The Labute approximate surface area is 360 Å². The Bertz CT molecular complexity index is 3200. The molecule has 0 fully saturated rings. The van der Waals surface area contributed by atoms with Crippen LogP contribution in [0.3, 0.4) is 0 Å². The Hall–Kier alpha value is -5.86. The van der Waals surface area contributed by atoms with E-state index in [1.54, 1.807) is 47.2 Å². The van der Waals surface area contributed by atoms with Crippen LogP contribution in [0.4, 0.5) is 8.78 Å². The molecule has 2 aromatic carbocycles. The third-order valence-corrected chi connectivity index (χ3v) is 15.6. The Morgan fingerprint density at radius 2 is 1.18 bits per heavy atom. The number of carboxylic acids is 2. The first-order valence-electron chi connectivity index (χ1n) is 18.0. The molecule has 0 aliphatic heterocycles. The number of thiazole rings is 1. The normalized spacial score (nSPS) is 11.8. The van der Waals surface area contributed by atoms with Crippen LogP contribution in [-0.4, -0.2) is 63.1 Å². The number of sulfone groups is 2. The van der Waals surface area contributed by atoms with Crippen molar-refractivity contribution in [2.24, 2.45) is 0 Å². The van der Waals surface area contributed by atoms with Gasteiger partial charge in [-0.3, -0.25) is 9.59 Å². The highest BCUT2D eigenvalue weighted by molar-refractivity contribution is 7.91. The first-order chi connectivity index (χ1) is 29.0. The highest BCUT2D eigenvalue weighted by Crippen LogP contribution is 2.38. The van der Waals surface area contributed by atoms with Gasteiger partial charge in [0, 0.05) is 68.2 Å². The summed E-state index contributed by atoms with van der Waals surface area (Å²) < 4.78 is 83.7. The molecular formula is C41H32ClF2N5O8S4. The summed E-state index contributed by atoms with van der Waals surface area (Å²) >= 11 is 8.46. The molecule has 6 aromatic heterocycles. The molecule has 20 heteroatoms. The molecule has 0 unspecified atom stereocenters. The molecule has 0 bridgehead atoms. The van der Waals surface area contributed by atoms with Crippen LogP contribution in [0.25, 0.3) is 21.8 Å². The molecule has 0 spiro atoms. The molecule has 314 valence electrons. The monoisotopic (exact) mass is 923 g/mol. The molecule has 0 atom stereocenters. The second kappa shape index (κ2) is 17.3. The average Bonchev–Trinajstić information content (AvgIpc) is 3.97. The second-order valence-corrected chi connectivity index (χ2v) is 19.9. The lowest BCUT2D eigenvalue weighted by Crippen LogP contribution is -2.10. The van der Waals surface area contributed by atoms with Gasteiger partial charge in [-0.15, -0.1) is 22.7 Å². The SMILES string of the molecule is Cc1c(Cc2sc(Cl)cc2S(=O)(=O)c2ccccn2)c2cc(F)ccc2n1CC(=O)O.Cc1c(Cc2scnc2S(=O)(=O)c2ccccn2)c2cc(F)ccc2n1CC(=O)O. The fourth-order valence-electron chi connectivity index (χ4n) is 7.05. The zero-order valence-corrected chi connectivity index (χ0v) is 35.9. The third kappa shape index (κ3) is 8.69. The number of benzene rings is 2. The maximum Gasteiger partial charge on any atom is 0.323 e. The van der Waals surface area contributed by atoms with Crippen molar-refractivity contribution in [1.29, 1.82) is 0 Å². The minimum absolute atomic E-state index is 0.0381. The zero-order valence-electron chi connectivity index (χ0n) is 31.9. The maximum absolute atomic E-state index is 14.0. The number of carbonyl (C=O) groups is 2. The Kier molecular flexibility index (Phi) is 12.2. The van der Waals surface area contributed by atoms with Gasteiger partial charge in [-0.05, 0) is 91.7 Å². The quantitative estimate of drug-likeness (QED) is 0.120. The van der Waals surface area contributed by atoms with Crippen molar-refractivity contribution in [2.75, 3.05) is 0 Å². The molecule has 8 rings (SSSR count). The summed E-state index contributed by atoms with van der Waals surface area (Å²) in [6.45, 7) is 2.90. The molecule has 13 nitrogen and oxygen atoms in total. The van der Waals surface area contributed by atoms with Gasteiger partial charge in [0.25, 0.3) is 0 Å². The van der Waals surface area contributed by atoms with Crippen molar-refractivity contribution in [3.63, 3.8) is 0 Å². The molecular weight excluding hydrogens is 892 g/mol. The van der Waals surface area contributed by atoms with Gasteiger partial charge in [0.15, 0.2) is 15.1 Å². The summed E-state index contributed by atoms with van der Waals surface area (Å²) in [5.74, 6) is -2.98. The highest BCUT2D eigenvalue weighted by atomic mass is 35.5. The second-order valence-electron chi connectivity index (χ2n) is 13.5. The van der Waals surface area contributed by atoms with Gasteiger partial charge in [-0.1, -0.05) is 23.7 Å². The Balaban J connectivity index is 0.000000184. The van der Waals surface area contributed by atoms with Crippen molar-refractivity contribution in [1.82, 2.24) is 24.1 Å². The van der Waals surface area contributed by atoms with E-state index in [2.05, 4.69) is 15.0 Å². The molecule has 0 amide bonds. The number of nitrogens with zero attached hydrogens (tertiary/aromatic N) is 5. The van der Waals surface area contributed by atoms with Crippen molar-refractivity contribution >= 4 is 87.7 Å². The average molecular weight is 924 g/mol. The fraction of sp³-hybridized carbons (Fsp3) is 0.146. The standard InChI is InChI=1S/C21H16ClFN2O4S2.C20H16FN3O4S2/c1-12-14(15-8-13(23)5-6-16(15)25(12)11-21(26)27)9-17-18(10-19(22)30-17)31(28,29)20-4-2-3-7-24-20;1-12-14(15-8-13(21)5-6-16(15)24(12)10-19(25)26)9-17-20(23-11-29-17)30(27,28)18-4-2-3-7-22-18/h2-8,10H,9,11H2,1H3,(H,26,27);2-8,11H,9-10H2,1H3,(H,25,26). The smallest absolute Gasteiger partial charge is 0.323 e. The Morgan fingerprint density at radius 3 is 1.66 bits per heavy atom. The molecule has 0 aliphatic rings. The number of rotatable bonds is 12. The van der Waals surface area contributed by atoms with Crippen LogP contribution in [0.2, 0.25) is 4.34 Å². The minimum atomic E-state index is -3.92. The molecule has 0 saturated heterocycles. The molecule has 2 N–H and O–H groups in total. The topological polar surface area (TPSA) is 191 Å². The third-order valence-electron chi connectivity index (χ3n) is 9.81. The summed E-state index contributed by atoms with van der Waals surface area (Å²) in [5, 5.41) is 19.3.